The van der Waals surface area contributed by atoms with Gasteiger partial charge in [-0.15, -0.1) is 0 Å². The van der Waals surface area contributed by atoms with Crippen LogP contribution in [0.25, 0.3) is 0 Å². The van der Waals surface area contributed by atoms with Gasteiger partial charge >= 0.3 is 6.03 Å². The third-order valence-electron chi connectivity index (χ3n) is 2.63. The van der Waals surface area contributed by atoms with E-state index in [0.717, 1.165) is 12.8 Å². The lowest BCUT2D eigenvalue weighted by molar-refractivity contribution is -0.121. The summed E-state index contributed by atoms with van der Waals surface area (Å²) in [7, 11) is 0. The number of urea groups is 1. The zero-order chi connectivity index (χ0) is 12.8. The van der Waals surface area contributed by atoms with Gasteiger partial charge in [0.2, 0.25) is 5.91 Å². The summed E-state index contributed by atoms with van der Waals surface area (Å²) >= 11 is 0. The number of carbonyl (C=O) groups excluding carboxylic acids is 2. The molecule has 3 N–H and O–H groups in total. The molecule has 0 spiro atoms. The van der Waals surface area contributed by atoms with Crippen molar-refractivity contribution < 1.29 is 14.7 Å². The number of aliphatic hydroxyl groups is 1. The van der Waals surface area contributed by atoms with E-state index in [9.17, 15) is 9.59 Å². The van der Waals surface area contributed by atoms with E-state index in [0.29, 0.717) is 6.54 Å². The Kier molecular flexibility index (Phi) is 5.37. The Morgan fingerprint density at radius 1 is 1.41 bits per heavy atom. The number of amides is 3. The maximum Gasteiger partial charge on any atom is 0.321 e. The fourth-order valence-electron chi connectivity index (χ4n) is 1.45. The van der Waals surface area contributed by atoms with Gasteiger partial charge in [0.25, 0.3) is 0 Å². The average Bonchev–Trinajstić information content (AvgIpc) is 3.00. The van der Waals surface area contributed by atoms with Gasteiger partial charge in [-0.25, -0.2) is 4.79 Å². The van der Waals surface area contributed by atoms with Crippen molar-refractivity contribution in [3.63, 3.8) is 0 Å². The van der Waals surface area contributed by atoms with E-state index < -0.39 is 6.03 Å². The standard InChI is InChI=1S/C11H21N3O3/c1-8(2)14(5-6-15)7-10(16)13-11(17)12-9-3-4-9/h8-9,15H,3-7H2,1-2H3,(H2,12,13,16,17). The maximum absolute atomic E-state index is 11.5. The fraction of sp³-hybridized carbons (Fsp3) is 0.818. The Hall–Kier alpha value is -1.14. The molecule has 0 atom stereocenters. The van der Waals surface area contributed by atoms with Gasteiger partial charge in [-0.05, 0) is 26.7 Å². The summed E-state index contributed by atoms with van der Waals surface area (Å²) in [6, 6.07) is -0.0361. The van der Waals surface area contributed by atoms with Crippen molar-refractivity contribution in [2.45, 2.75) is 38.8 Å². The highest BCUT2D eigenvalue weighted by molar-refractivity contribution is 5.95. The van der Waals surface area contributed by atoms with E-state index in [4.69, 9.17) is 5.11 Å². The molecule has 0 aromatic heterocycles. The highest BCUT2D eigenvalue weighted by atomic mass is 16.3. The number of nitrogens with one attached hydrogen (secondary N) is 2. The second-order valence-electron chi connectivity index (χ2n) is 4.58. The van der Waals surface area contributed by atoms with Gasteiger partial charge in [-0.2, -0.15) is 0 Å². The minimum absolute atomic E-state index is 0.000267. The lowest BCUT2D eigenvalue weighted by atomic mass is 10.3. The molecule has 0 radical (unpaired) electrons. The SMILES string of the molecule is CC(C)N(CCO)CC(=O)NC(=O)NC1CC1. The van der Waals surface area contributed by atoms with E-state index in [1.807, 2.05) is 13.8 Å². The molecule has 0 aromatic rings. The van der Waals surface area contributed by atoms with E-state index in [1.54, 1.807) is 4.90 Å². The van der Waals surface area contributed by atoms with Crippen molar-refractivity contribution in [3.8, 4) is 0 Å². The van der Waals surface area contributed by atoms with Crippen LogP contribution in [0.15, 0.2) is 0 Å². The van der Waals surface area contributed by atoms with E-state index in [-0.39, 0.29) is 31.1 Å². The predicted molar refractivity (Wildman–Crippen MR) is 63.5 cm³/mol. The molecule has 1 rings (SSSR count). The van der Waals surface area contributed by atoms with Gasteiger partial charge in [0, 0.05) is 18.6 Å². The Morgan fingerprint density at radius 2 is 2.06 bits per heavy atom. The number of aliphatic hydroxyl groups excluding tert-OH is 1. The molecule has 17 heavy (non-hydrogen) atoms. The molecule has 0 heterocycles. The molecule has 0 aromatic carbocycles. The summed E-state index contributed by atoms with van der Waals surface area (Å²) in [6.07, 6.45) is 1.98. The summed E-state index contributed by atoms with van der Waals surface area (Å²) in [4.78, 5) is 24.7. The van der Waals surface area contributed by atoms with Crippen LogP contribution in [0.4, 0.5) is 4.79 Å². The van der Waals surface area contributed by atoms with Crippen LogP contribution < -0.4 is 10.6 Å². The molecular weight excluding hydrogens is 222 g/mol. The first-order valence-electron chi connectivity index (χ1n) is 5.98. The van der Waals surface area contributed by atoms with Crippen molar-refractivity contribution in [2.75, 3.05) is 19.7 Å². The van der Waals surface area contributed by atoms with E-state index >= 15 is 0 Å². The summed E-state index contributed by atoms with van der Waals surface area (Å²) in [6.45, 7) is 4.42. The number of carbonyl (C=O) groups is 2. The van der Waals surface area contributed by atoms with Gasteiger partial charge in [0.15, 0.2) is 0 Å². The zero-order valence-corrected chi connectivity index (χ0v) is 10.4. The first kappa shape index (κ1) is 13.9. The Morgan fingerprint density at radius 3 is 2.53 bits per heavy atom. The molecule has 1 aliphatic rings. The highest BCUT2D eigenvalue weighted by Crippen LogP contribution is 2.18. The molecule has 1 saturated carbocycles. The molecule has 0 bridgehead atoms. The van der Waals surface area contributed by atoms with Crippen molar-refractivity contribution >= 4 is 11.9 Å². The second kappa shape index (κ2) is 6.56. The van der Waals surface area contributed by atoms with Crippen molar-refractivity contribution in [2.24, 2.45) is 0 Å². The topological polar surface area (TPSA) is 81.7 Å². The van der Waals surface area contributed by atoms with Crippen LogP contribution in [0.5, 0.6) is 0 Å². The lowest BCUT2D eigenvalue weighted by Crippen LogP contribution is -2.47. The fourth-order valence-corrected chi connectivity index (χ4v) is 1.45. The Labute approximate surface area is 101 Å². The van der Waals surface area contributed by atoms with Crippen LogP contribution in [0, 0.1) is 0 Å². The largest absolute Gasteiger partial charge is 0.395 e. The third-order valence-corrected chi connectivity index (χ3v) is 2.63. The lowest BCUT2D eigenvalue weighted by Gasteiger charge is -2.24. The van der Waals surface area contributed by atoms with Crippen LogP contribution >= 0.6 is 0 Å². The van der Waals surface area contributed by atoms with Crippen LogP contribution in [0.2, 0.25) is 0 Å². The molecule has 6 heteroatoms. The molecule has 98 valence electrons. The van der Waals surface area contributed by atoms with Gasteiger partial charge < -0.3 is 10.4 Å². The quantitative estimate of drug-likeness (QED) is 0.597. The number of nitrogens with zero attached hydrogens (tertiary/aromatic N) is 1. The Balaban J connectivity index is 2.27. The normalized spacial score (nSPS) is 15.1. The predicted octanol–water partition coefficient (Wildman–Crippen LogP) is -0.323. The number of rotatable bonds is 6. The minimum Gasteiger partial charge on any atom is -0.395 e. The highest BCUT2D eigenvalue weighted by Gasteiger charge is 2.24. The van der Waals surface area contributed by atoms with Crippen molar-refractivity contribution in [1.82, 2.24) is 15.5 Å². The molecule has 0 saturated heterocycles. The molecular formula is C11H21N3O3. The third kappa shape index (κ3) is 5.65. The summed E-state index contributed by atoms with van der Waals surface area (Å²) in [5.41, 5.74) is 0. The number of hydrogen-bond donors (Lipinski definition) is 3. The van der Waals surface area contributed by atoms with Gasteiger partial charge in [-0.1, -0.05) is 0 Å². The van der Waals surface area contributed by atoms with E-state index in [2.05, 4.69) is 10.6 Å². The average molecular weight is 243 g/mol. The second-order valence-corrected chi connectivity index (χ2v) is 4.58. The molecule has 6 nitrogen and oxygen atoms in total. The first-order valence-corrected chi connectivity index (χ1v) is 5.98. The van der Waals surface area contributed by atoms with Crippen molar-refractivity contribution in [3.05, 3.63) is 0 Å². The maximum atomic E-state index is 11.5. The summed E-state index contributed by atoms with van der Waals surface area (Å²) < 4.78 is 0. The molecule has 0 aliphatic heterocycles. The van der Waals surface area contributed by atoms with Crippen LogP contribution in [0.1, 0.15) is 26.7 Å². The van der Waals surface area contributed by atoms with E-state index in [1.165, 1.54) is 0 Å². The van der Waals surface area contributed by atoms with Crippen LogP contribution in [0.3, 0.4) is 0 Å². The zero-order valence-electron chi connectivity index (χ0n) is 10.4. The van der Waals surface area contributed by atoms with Gasteiger partial charge in [0.1, 0.15) is 0 Å². The summed E-state index contributed by atoms with van der Waals surface area (Å²) in [5, 5.41) is 13.8. The molecule has 1 fully saturated rings. The van der Waals surface area contributed by atoms with Crippen LogP contribution in [-0.2, 0) is 4.79 Å². The van der Waals surface area contributed by atoms with Crippen LogP contribution in [-0.4, -0.2) is 53.7 Å². The molecule has 0 unspecified atom stereocenters. The summed E-state index contributed by atoms with van der Waals surface area (Å²) in [5.74, 6) is -0.342. The number of imide groups is 1. The smallest absolute Gasteiger partial charge is 0.321 e. The van der Waals surface area contributed by atoms with Gasteiger partial charge in [-0.3, -0.25) is 15.0 Å². The first-order chi connectivity index (χ1) is 8.02. The van der Waals surface area contributed by atoms with Crippen molar-refractivity contribution in [1.29, 1.82) is 0 Å². The monoisotopic (exact) mass is 243 g/mol. The minimum atomic E-state index is -0.426. The Bertz CT molecular complexity index is 277. The molecule has 1 aliphatic carbocycles. The molecule has 3 amide bonds. The number of hydrogen-bond acceptors (Lipinski definition) is 4. The van der Waals surface area contributed by atoms with Gasteiger partial charge in [0.05, 0.1) is 13.2 Å².